The van der Waals surface area contributed by atoms with Crippen molar-refractivity contribution in [2.24, 2.45) is 5.73 Å². The number of rotatable bonds is 5. The van der Waals surface area contributed by atoms with Gasteiger partial charge < -0.3 is 15.4 Å². The van der Waals surface area contributed by atoms with E-state index in [0.717, 1.165) is 6.42 Å². The van der Waals surface area contributed by atoms with Crippen LogP contribution in [0.1, 0.15) is 32.6 Å². The van der Waals surface area contributed by atoms with Crippen molar-refractivity contribution in [3.05, 3.63) is 0 Å². The van der Waals surface area contributed by atoms with Gasteiger partial charge >= 0.3 is 0 Å². The van der Waals surface area contributed by atoms with Crippen LogP contribution in [-0.2, 0) is 14.4 Å². The summed E-state index contributed by atoms with van der Waals surface area (Å²) in [5.41, 5.74) is 5.22. The van der Waals surface area contributed by atoms with Gasteiger partial charge in [0.2, 0.25) is 11.8 Å². The molecule has 0 spiro atoms. The van der Waals surface area contributed by atoms with Crippen LogP contribution in [0, 0.1) is 0 Å². The monoisotopic (exact) mass is 212 g/mol. The molecule has 1 aliphatic heterocycles. The Kier molecular flexibility index (Phi) is 3.82. The summed E-state index contributed by atoms with van der Waals surface area (Å²) in [6, 6.07) is -0.608. The van der Waals surface area contributed by atoms with Crippen molar-refractivity contribution in [1.82, 2.24) is 4.90 Å². The van der Waals surface area contributed by atoms with Gasteiger partial charge in [0.15, 0.2) is 0 Å². The highest BCUT2D eigenvalue weighted by Gasteiger charge is 2.31. The van der Waals surface area contributed by atoms with Gasteiger partial charge in [0, 0.05) is 19.4 Å². The third kappa shape index (κ3) is 3.04. The molecular formula is C10H16N2O3. The standard InChI is InChI=1S/C10H16N2O3/c1-7(13)4-5-8(10(11)15)12-6-2-3-9(12)14/h8H,2-6H2,1H3,(H2,11,15). The van der Waals surface area contributed by atoms with E-state index in [-0.39, 0.29) is 18.1 Å². The maximum Gasteiger partial charge on any atom is 0.240 e. The Hall–Kier alpha value is -1.39. The molecule has 1 rings (SSSR count). The molecule has 0 radical (unpaired) electrons. The number of likely N-dealkylation sites (tertiary alicyclic amines) is 1. The second-order valence-electron chi connectivity index (χ2n) is 3.85. The molecule has 0 aromatic heterocycles. The molecule has 2 N–H and O–H groups in total. The zero-order chi connectivity index (χ0) is 11.4. The summed E-state index contributed by atoms with van der Waals surface area (Å²) in [7, 11) is 0. The van der Waals surface area contributed by atoms with Crippen LogP contribution in [-0.4, -0.2) is 35.1 Å². The topological polar surface area (TPSA) is 80.5 Å². The fourth-order valence-corrected chi connectivity index (χ4v) is 1.79. The number of ketones is 1. The molecule has 0 aromatic carbocycles. The minimum atomic E-state index is -0.608. The van der Waals surface area contributed by atoms with Crippen molar-refractivity contribution < 1.29 is 14.4 Å². The number of hydrogen-bond acceptors (Lipinski definition) is 3. The van der Waals surface area contributed by atoms with Crippen LogP contribution < -0.4 is 5.73 Å². The highest BCUT2D eigenvalue weighted by molar-refractivity contribution is 5.88. The fraction of sp³-hybridized carbons (Fsp3) is 0.700. The lowest BCUT2D eigenvalue weighted by atomic mass is 10.1. The van der Waals surface area contributed by atoms with Gasteiger partial charge in [-0.15, -0.1) is 0 Å². The van der Waals surface area contributed by atoms with E-state index in [1.807, 2.05) is 0 Å². The van der Waals surface area contributed by atoms with E-state index in [4.69, 9.17) is 5.73 Å². The number of nitrogens with zero attached hydrogens (tertiary/aromatic N) is 1. The zero-order valence-electron chi connectivity index (χ0n) is 8.86. The Balaban J connectivity index is 2.61. The summed E-state index contributed by atoms with van der Waals surface area (Å²) in [6.07, 6.45) is 1.88. The van der Waals surface area contributed by atoms with E-state index in [1.54, 1.807) is 0 Å². The number of primary amides is 1. The minimum Gasteiger partial charge on any atom is -0.368 e. The summed E-state index contributed by atoms with van der Waals surface area (Å²) >= 11 is 0. The lowest BCUT2D eigenvalue weighted by molar-refractivity contribution is -0.136. The Labute approximate surface area is 88.6 Å². The van der Waals surface area contributed by atoms with Gasteiger partial charge in [0.25, 0.3) is 0 Å². The summed E-state index contributed by atoms with van der Waals surface area (Å²) < 4.78 is 0. The molecule has 0 saturated carbocycles. The summed E-state index contributed by atoms with van der Waals surface area (Å²) in [4.78, 5) is 34.9. The van der Waals surface area contributed by atoms with Gasteiger partial charge in [-0.2, -0.15) is 0 Å². The van der Waals surface area contributed by atoms with Gasteiger partial charge in [0.1, 0.15) is 11.8 Å². The number of nitrogens with two attached hydrogens (primary N) is 1. The third-order valence-electron chi connectivity index (χ3n) is 2.58. The van der Waals surface area contributed by atoms with Crippen molar-refractivity contribution in [3.8, 4) is 0 Å². The van der Waals surface area contributed by atoms with Crippen LogP contribution in [0.25, 0.3) is 0 Å². The summed E-state index contributed by atoms with van der Waals surface area (Å²) in [5, 5.41) is 0. The smallest absolute Gasteiger partial charge is 0.240 e. The summed E-state index contributed by atoms with van der Waals surface area (Å²) in [5.74, 6) is -0.554. The molecule has 0 aromatic rings. The molecule has 5 nitrogen and oxygen atoms in total. The second-order valence-corrected chi connectivity index (χ2v) is 3.85. The predicted molar refractivity (Wildman–Crippen MR) is 53.8 cm³/mol. The quantitative estimate of drug-likeness (QED) is 0.687. The van der Waals surface area contributed by atoms with Crippen LogP contribution in [0.15, 0.2) is 0 Å². The lowest BCUT2D eigenvalue weighted by Crippen LogP contribution is -2.45. The predicted octanol–water partition coefficient (Wildman–Crippen LogP) is -0.168. The highest BCUT2D eigenvalue weighted by atomic mass is 16.2. The first-order valence-corrected chi connectivity index (χ1v) is 5.10. The summed E-state index contributed by atoms with van der Waals surface area (Å²) in [6.45, 7) is 2.04. The first-order valence-electron chi connectivity index (χ1n) is 5.10. The maximum atomic E-state index is 11.4. The van der Waals surface area contributed by atoms with Crippen molar-refractivity contribution in [3.63, 3.8) is 0 Å². The maximum absolute atomic E-state index is 11.4. The van der Waals surface area contributed by atoms with Crippen LogP contribution >= 0.6 is 0 Å². The van der Waals surface area contributed by atoms with Gasteiger partial charge in [-0.05, 0) is 19.8 Å². The molecule has 1 unspecified atom stereocenters. The van der Waals surface area contributed by atoms with E-state index in [0.29, 0.717) is 19.4 Å². The normalized spacial score (nSPS) is 17.9. The van der Waals surface area contributed by atoms with E-state index in [9.17, 15) is 14.4 Å². The van der Waals surface area contributed by atoms with Crippen molar-refractivity contribution in [2.45, 2.75) is 38.6 Å². The minimum absolute atomic E-state index is 0.00731. The molecule has 1 fully saturated rings. The molecule has 5 heteroatoms. The molecule has 1 heterocycles. The Bertz CT molecular complexity index is 288. The lowest BCUT2D eigenvalue weighted by Gasteiger charge is -2.24. The van der Waals surface area contributed by atoms with Gasteiger partial charge in [-0.3, -0.25) is 9.59 Å². The number of amides is 2. The SMILES string of the molecule is CC(=O)CCC(C(N)=O)N1CCCC1=O. The molecule has 84 valence electrons. The van der Waals surface area contributed by atoms with E-state index >= 15 is 0 Å². The molecule has 0 aliphatic carbocycles. The largest absolute Gasteiger partial charge is 0.368 e. The van der Waals surface area contributed by atoms with Crippen LogP contribution in [0.4, 0.5) is 0 Å². The average Bonchev–Trinajstić information content (AvgIpc) is 2.51. The van der Waals surface area contributed by atoms with Gasteiger partial charge in [0.05, 0.1) is 0 Å². The number of carbonyl (C=O) groups excluding carboxylic acids is 3. The Morgan fingerprint density at radius 2 is 2.20 bits per heavy atom. The second kappa shape index (κ2) is 4.91. The van der Waals surface area contributed by atoms with Crippen molar-refractivity contribution in [1.29, 1.82) is 0 Å². The van der Waals surface area contributed by atoms with Crippen LogP contribution in [0.5, 0.6) is 0 Å². The highest BCUT2D eigenvalue weighted by Crippen LogP contribution is 2.16. The number of Topliss-reactive ketones (excluding diaryl/α,β-unsaturated/α-hetero) is 1. The first-order chi connectivity index (χ1) is 7.02. The van der Waals surface area contributed by atoms with Gasteiger partial charge in [-0.25, -0.2) is 0 Å². The zero-order valence-corrected chi connectivity index (χ0v) is 8.86. The van der Waals surface area contributed by atoms with E-state index in [2.05, 4.69) is 0 Å². The van der Waals surface area contributed by atoms with Crippen LogP contribution in [0.3, 0.4) is 0 Å². The molecule has 0 bridgehead atoms. The van der Waals surface area contributed by atoms with Crippen LogP contribution in [0.2, 0.25) is 0 Å². The van der Waals surface area contributed by atoms with E-state index in [1.165, 1.54) is 11.8 Å². The third-order valence-corrected chi connectivity index (χ3v) is 2.58. The molecule has 1 saturated heterocycles. The Morgan fingerprint density at radius 3 is 2.60 bits per heavy atom. The first kappa shape index (κ1) is 11.7. The molecule has 1 atom stereocenters. The molecule has 15 heavy (non-hydrogen) atoms. The van der Waals surface area contributed by atoms with Crippen molar-refractivity contribution in [2.75, 3.05) is 6.54 Å². The molecule has 1 aliphatic rings. The number of hydrogen-bond donors (Lipinski definition) is 1. The average molecular weight is 212 g/mol. The molecule has 2 amide bonds. The van der Waals surface area contributed by atoms with E-state index < -0.39 is 11.9 Å². The van der Waals surface area contributed by atoms with Gasteiger partial charge in [-0.1, -0.05) is 0 Å². The molecular weight excluding hydrogens is 196 g/mol. The Morgan fingerprint density at radius 1 is 1.53 bits per heavy atom. The number of carbonyl (C=O) groups is 3. The fourth-order valence-electron chi connectivity index (χ4n) is 1.79. The van der Waals surface area contributed by atoms with Crippen molar-refractivity contribution >= 4 is 17.6 Å².